The average Bonchev–Trinajstić information content (AvgIpc) is 3.60. The van der Waals surface area contributed by atoms with Crippen LogP contribution in [0.5, 0.6) is 0 Å². The third-order valence-corrected chi connectivity index (χ3v) is 16.9. The second kappa shape index (κ2) is 30.4. The van der Waals surface area contributed by atoms with E-state index < -0.39 is 0 Å². The number of ether oxygens (including phenoxy) is 3. The Morgan fingerprint density at radius 3 is 2.05 bits per heavy atom. The van der Waals surface area contributed by atoms with Gasteiger partial charge in [-0.05, 0) is 163 Å². The Bertz CT molecular complexity index is 1240. The van der Waals surface area contributed by atoms with Gasteiger partial charge in [-0.3, -0.25) is 0 Å². The van der Waals surface area contributed by atoms with Gasteiger partial charge in [-0.25, -0.2) is 0 Å². The first kappa shape index (κ1) is 53.7. The lowest BCUT2D eigenvalue weighted by Crippen LogP contribution is -2.51. The molecule has 9 unspecified atom stereocenters. The maximum atomic E-state index is 6.61. The Labute approximate surface area is 387 Å². The number of hydrogen-bond donors (Lipinski definition) is 0. The molecule has 0 amide bonds. The van der Waals surface area contributed by atoms with Crippen LogP contribution >= 0.6 is 0 Å². The summed E-state index contributed by atoms with van der Waals surface area (Å²) in [7, 11) is 4.28. The first-order chi connectivity index (χ1) is 30.1. The minimum absolute atomic E-state index is 0.173. The van der Waals surface area contributed by atoms with E-state index in [0.29, 0.717) is 16.9 Å². The van der Waals surface area contributed by atoms with Gasteiger partial charge in [0.2, 0.25) is 0 Å². The van der Waals surface area contributed by atoms with Crippen LogP contribution in [0.4, 0.5) is 0 Å². The molecule has 0 aromatic heterocycles. The zero-order valence-corrected chi connectivity index (χ0v) is 42.7. The van der Waals surface area contributed by atoms with Crippen molar-refractivity contribution in [3.63, 3.8) is 0 Å². The van der Waals surface area contributed by atoms with Gasteiger partial charge < -0.3 is 19.1 Å². The van der Waals surface area contributed by atoms with Crippen LogP contribution in [0.15, 0.2) is 36.0 Å². The standard InChI is InChI=1S/C58H105NO3/c1-9-10-11-12-13-14-15-16-17-18-19-20-21-22-25-28-42-60-47-52(46-59(7)8)62-44-30-27-24-23-26-29-43-61-51-38-40-57(5)50(45-51)34-35-53-55-37-36-54(49(4)33-31-32-48(2)3)58(55,6)41-39-56(53)57/h13-14,16-17,34,48-49,51-56H,9-12,15,18-33,35-47H2,1-8H3. The van der Waals surface area contributed by atoms with Crippen molar-refractivity contribution in [3.8, 4) is 0 Å². The lowest BCUT2D eigenvalue weighted by Gasteiger charge is -2.58. The summed E-state index contributed by atoms with van der Waals surface area (Å²) in [6, 6.07) is 0. The van der Waals surface area contributed by atoms with Gasteiger partial charge in [0, 0.05) is 26.4 Å². The van der Waals surface area contributed by atoms with E-state index >= 15 is 0 Å². The Morgan fingerprint density at radius 2 is 1.35 bits per heavy atom. The zero-order valence-electron chi connectivity index (χ0n) is 42.7. The molecule has 0 N–H and O–H groups in total. The molecule has 0 aromatic rings. The summed E-state index contributed by atoms with van der Waals surface area (Å²) in [5.74, 6) is 5.49. The molecule has 9 atom stereocenters. The zero-order chi connectivity index (χ0) is 44.5. The summed E-state index contributed by atoms with van der Waals surface area (Å²) in [5, 5.41) is 0. The molecule has 4 nitrogen and oxygen atoms in total. The summed E-state index contributed by atoms with van der Waals surface area (Å²) < 4.78 is 19.0. The van der Waals surface area contributed by atoms with Crippen LogP contribution in [0.25, 0.3) is 0 Å². The molecule has 4 aliphatic rings. The molecular weight excluding hydrogens is 759 g/mol. The molecule has 360 valence electrons. The van der Waals surface area contributed by atoms with Crippen molar-refractivity contribution < 1.29 is 14.2 Å². The van der Waals surface area contributed by atoms with Crippen molar-refractivity contribution in [1.82, 2.24) is 4.90 Å². The SMILES string of the molecule is CCCCCC=CCC=CCCCCCCCCOCC(CN(C)C)OCCCCCCCCOC1CCC2(C)C(=CCC3C2CCC2(C)C(C(C)CCCC(C)C)CCC32)C1. The van der Waals surface area contributed by atoms with E-state index in [1.165, 1.54) is 173 Å². The number of unbranched alkanes of at least 4 members (excludes halogenated alkanes) is 14. The Hall–Kier alpha value is -0.940. The van der Waals surface area contributed by atoms with Crippen LogP contribution in [0, 0.1) is 46.3 Å². The first-order valence-corrected chi connectivity index (χ1v) is 27.5. The van der Waals surface area contributed by atoms with Crippen molar-refractivity contribution >= 4 is 0 Å². The van der Waals surface area contributed by atoms with Gasteiger partial charge in [0.1, 0.15) is 0 Å². The van der Waals surface area contributed by atoms with Gasteiger partial charge in [0.05, 0.1) is 18.8 Å². The van der Waals surface area contributed by atoms with E-state index in [1.54, 1.807) is 5.57 Å². The maximum absolute atomic E-state index is 6.61. The predicted molar refractivity (Wildman–Crippen MR) is 269 cm³/mol. The number of nitrogens with zero attached hydrogens (tertiary/aromatic N) is 1. The van der Waals surface area contributed by atoms with Gasteiger partial charge in [-0.15, -0.1) is 0 Å². The smallest absolute Gasteiger partial charge is 0.0934 e. The Kier molecular flexibility index (Phi) is 26.3. The molecule has 0 saturated heterocycles. The molecule has 4 heteroatoms. The van der Waals surface area contributed by atoms with Gasteiger partial charge in [-0.2, -0.15) is 0 Å². The largest absolute Gasteiger partial charge is 0.379 e. The highest BCUT2D eigenvalue weighted by Crippen LogP contribution is 2.67. The molecule has 0 radical (unpaired) electrons. The van der Waals surface area contributed by atoms with Gasteiger partial charge in [0.15, 0.2) is 0 Å². The van der Waals surface area contributed by atoms with E-state index in [-0.39, 0.29) is 6.10 Å². The normalized spacial score (nSPS) is 28.5. The number of hydrogen-bond acceptors (Lipinski definition) is 4. The van der Waals surface area contributed by atoms with E-state index in [9.17, 15) is 0 Å². The maximum Gasteiger partial charge on any atom is 0.0934 e. The summed E-state index contributed by atoms with van der Waals surface area (Å²) in [5.41, 5.74) is 2.79. The monoisotopic (exact) mass is 864 g/mol. The van der Waals surface area contributed by atoms with Crippen molar-refractivity contribution in [2.75, 3.05) is 47.1 Å². The molecule has 62 heavy (non-hydrogen) atoms. The first-order valence-electron chi connectivity index (χ1n) is 27.5. The van der Waals surface area contributed by atoms with E-state index in [0.717, 1.165) is 81.3 Å². The summed E-state index contributed by atoms with van der Waals surface area (Å²) >= 11 is 0. The highest BCUT2D eigenvalue weighted by molar-refractivity contribution is 5.25. The average molecular weight is 864 g/mol. The fourth-order valence-electron chi connectivity index (χ4n) is 13.2. The van der Waals surface area contributed by atoms with Crippen molar-refractivity contribution in [2.24, 2.45) is 46.3 Å². The van der Waals surface area contributed by atoms with Crippen molar-refractivity contribution in [1.29, 1.82) is 0 Å². The Morgan fingerprint density at radius 1 is 0.694 bits per heavy atom. The molecule has 0 bridgehead atoms. The van der Waals surface area contributed by atoms with E-state index in [1.807, 2.05) is 0 Å². The van der Waals surface area contributed by atoms with Crippen LogP contribution in [0.2, 0.25) is 0 Å². The van der Waals surface area contributed by atoms with Crippen LogP contribution in [-0.4, -0.2) is 64.2 Å². The molecular formula is C58H105NO3. The number of fused-ring (bicyclic) bond motifs is 5. The fraction of sp³-hybridized carbons (Fsp3) is 0.897. The van der Waals surface area contributed by atoms with E-state index in [4.69, 9.17) is 14.2 Å². The van der Waals surface area contributed by atoms with E-state index in [2.05, 4.69) is 90.9 Å². The molecule has 0 aliphatic heterocycles. The Balaban J connectivity index is 0.980. The third-order valence-electron chi connectivity index (χ3n) is 16.9. The topological polar surface area (TPSA) is 30.9 Å². The minimum Gasteiger partial charge on any atom is -0.379 e. The van der Waals surface area contributed by atoms with Crippen LogP contribution in [0.3, 0.4) is 0 Å². The molecule has 0 heterocycles. The molecule has 0 aromatic carbocycles. The minimum atomic E-state index is 0.173. The van der Waals surface area contributed by atoms with Crippen LogP contribution < -0.4 is 0 Å². The highest BCUT2D eigenvalue weighted by Gasteiger charge is 2.59. The summed E-state index contributed by atoms with van der Waals surface area (Å²) in [4.78, 5) is 2.23. The predicted octanol–water partition coefficient (Wildman–Crippen LogP) is 16.5. The highest BCUT2D eigenvalue weighted by atomic mass is 16.5. The number of likely N-dealkylation sites (N-methyl/N-ethyl adjacent to an activating group) is 1. The lowest BCUT2D eigenvalue weighted by atomic mass is 9.47. The lowest BCUT2D eigenvalue weighted by molar-refractivity contribution is -0.0641. The molecule has 3 saturated carbocycles. The summed E-state index contributed by atoms with van der Waals surface area (Å²) in [6.45, 7) is 19.4. The van der Waals surface area contributed by atoms with Crippen molar-refractivity contribution in [2.45, 2.75) is 240 Å². The summed E-state index contributed by atoms with van der Waals surface area (Å²) in [6.07, 6.45) is 51.1. The van der Waals surface area contributed by atoms with Crippen LogP contribution in [-0.2, 0) is 14.2 Å². The second-order valence-electron chi connectivity index (χ2n) is 22.6. The van der Waals surface area contributed by atoms with Crippen LogP contribution in [0.1, 0.15) is 228 Å². The fourth-order valence-corrected chi connectivity index (χ4v) is 13.2. The van der Waals surface area contributed by atoms with Gasteiger partial charge >= 0.3 is 0 Å². The second-order valence-corrected chi connectivity index (χ2v) is 22.6. The van der Waals surface area contributed by atoms with Gasteiger partial charge in [-0.1, -0.05) is 161 Å². The molecule has 4 aliphatic carbocycles. The van der Waals surface area contributed by atoms with Gasteiger partial charge in [0.25, 0.3) is 0 Å². The quantitative estimate of drug-likeness (QED) is 0.0469. The van der Waals surface area contributed by atoms with Crippen molar-refractivity contribution in [3.05, 3.63) is 36.0 Å². The molecule has 0 spiro atoms. The number of rotatable bonds is 35. The molecule has 4 rings (SSSR count). The molecule has 3 fully saturated rings. The number of allylic oxidation sites excluding steroid dienone is 5. The third kappa shape index (κ3) is 18.4.